The number of imidazole rings is 1. The van der Waals surface area contributed by atoms with Crippen molar-refractivity contribution in [2.24, 2.45) is 0 Å². The number of fused-ring (bicyclic) bond motifs is 1. The second-order valence-electron chi connectivity index (χ2n) is 7.93. The Morgan fingerprint density at radius 3 is 2.45 bits per heavy atom. The van der Waals surface area contributed by atoms with Crippen molar-refractivity contribution in [3.05, 3.63) is 89.0 Å². The van der Waals surface area contributed by atoms with Crippen LogP contribution in [0.5, 0.6) is 0 Å². The van der Waals surface area contributed by atoms with Crippen molar-refractivity contribution in [2.45, 2.75) is 13.1 Å². The van der Waals surface area contributed by atoms with Gasteiger partial charge in [-0.2, -0.15) is 0 Å². The molecule has 1 amide bonds. The number of rotatable bonds is 6. The molecular formula is C25H25N5O3. The van der Waals surface area contributed by atoms with Crippen molar-refractivity contribution in [1.29, 1.82) is 0 Å². The van der Waals surface area contributed by atoms with Crippen LogP contribution in [0.1, 0.15) is 5.56 Å². The zero-order valence-electron chi connectivity index (χ0n) is 18.2. The second kappa shape index (κ2) is 9.30. The molecule has 1 aliphatic rings. The zero-order chi connectivity index (χ0) is 22.6. The Kier molecular flexibility index (Phi) is 5.91. The minimum Gasteiger partial charge on any atom is -0.378 e. The SMILES string of the molecule is O=C(Cn1c(=O)n(-c2ccccc2)c2ncccc21)NCc1ccc(N2CCOCC2)cc1. The third-order valence-corrected chi connectivity index (χ3v) is 5.81. The topological polar surface area (TPSA) is 81.4 Å². The Morgan fingerprint density at radius 2 is 1.70 bits per heavy atom. The molecule has 2 aromatic heterocycles. The first kappa shape index (κ1) is 21.0. The number of hydrogen-bond donors (Lipinski definition) is 1. The van der Waals surface area contributed by atoms with Crippen molar-refractivity contribution < 1.29 is 9.53 Å². The fourth-order valence-corrected chi connectivity index (χ4v) is 4.09. The van der Waals surface area contributed by atoms with E-state index in [1.807, 2.05) is 42.5 Å². The lowest BCUT2D eigenvalue weighted by molar-refractivity contribution is -0.121. The van der Waals surface area contributed by atoms with Gasteiger partial charge in [0.25, 0.3) is 0 Å². The van der Waals surface area contributed by atoms with Crippen LogP contribution in [0, 0.1) is 0 Å². The van der Waals surface area contributed by atoms with Gasteiger partial charge in [-0.25, -0.2) is 14.3 Å². The van der Waals surface area contributed by atoms with E-state index >= 15 is 0 Å². The molecule has 0 saturated carbocycles. The summed E-state index contributed by atoms with van der Waals surface area (Å²) in [6, 6.07) is 21.1. The van der Waals surface area contributed by atoms with Gasteiger partial charge < -0.3 is 15.0 Å². The molecule has 1 aliphatic heterocycles. The summed E-state index contributed by atoms with van der Waals surface area (Å²) in [5, 5.41) is 2.93. The number of morpholine rings is 1. The third-order valence-electron chi connectivity index (χ3n) is 5.81. The van der Waals surface area contributed by atoms with Crippen molar-refractivity contribution >= 4 is 22.8 Å². The summed E-state index contributed by atoms with van der Waals surface area (Å²) in [5.41, 5.74) is 3.73. The molecule has 0 unspecified atom stereocenters. The fourth-order valence-electron chi connectivity index (χ4n) is 4.09. The van der Waals surface area contributed by atoms with Crippen LogP contribution in [0.15, 0.2) is 77.7 Å². The smallest absolute Gasteiger partial charge is 0.335 e. The summed E-state index contributed by atoms with van der Waals surface area (Å²) in [5.74, 6) is -0.231. The minimum atomic E-state index is -0.292. The number of ether oxygens (including phenoxy) is 1. The highest BCUT2D eigenvalue weighted by atomic mass is 16.5. The zero-order valence-corrected chi connectivity index (χ0v) is 18.2. The molecule has 1 fully saturated rings. The molecule has 2 aromatic carbocycles. The highest BCUT2D eigenvalue weighted by Gasteiger charge is 2.17. The maximum absolute atomic E-state index is 13.2. The lowest BCUT2D eigenvalue weighted by Crippen LogP contribution is -2.36. The van der Waals surface area contributed by atoms with Crippen molar-refractivity contribution in [2.75, 3.05) is 31.2 Å². The first-order valence-electron chi connectivity index (χ1n) is 11.0. The molecule has 0 atom stereocenters. The summed E-state index contributed by atoms with van der Waals surface area (Å²) in [7, 11) is 0. The maximum atomic E-state index is 13.2. The molecule has 33 heavy (non-hydrogen) atoms. The van der Waals surface area contributed by atoms with E-state index in [0.29, 0.717) is 23.4 Å². The van der Waals surface area contributed by atoms with Gasteiger partial charge in [0.2, 0.25) is 5.91 Å². The number of nitrogens with one attached hydrogen (secondary N) is 1. The van der Waals surface area contributed by atoms with Gasteiger partial charge in [0, 0.05) is 31.5 Å². The number of benzene rings is 2. The average molecular weight is 444 g/mol. The van der Waals surface area contributed by atoms with Gasteiger partial charge in [0.05, 0.1) is 24.4 Å². The van der Waals surface area contributed by atoms with E-state index in [0.717, 1.165) is 37.6 Å². The number of para-hydroxylation sites is 1. The number of aromatic nitrogens is 3. The van der Waals surface area contributed by atoms with Gasteiger partial charge >= 0.3 is 5.69 Å². The molecule has 0 bridgehead atoms. The molecular weight excluding hydrogens is 418 g/mol. The largest absolute Gasteiger partial charge is 0.378 e. The van der Waals surface area contributed by atoms with Crippen LogP contribution in [-0.4, -0.2) is 46.3 Å². The summed E-state index contributed by atoms with van der Waals surface area (Å²) in [6.07, 6.45) is 1.65. The Labute approximate surface area is 191 Å². The predicted molar refractivity (Wildman–Crippen MR) is 127 cm³/mol. The first-order valence-corrected chi connectivity index (χ1v) is 11.0. The lowest BCUT2D eigenvalue weighted by atomic mass is 10.2. The number of nitrogens with zero attached hydrogens (tertiary/aromatic N) is 4. The van der Waals surface area contributed by atoms with Crippen LogP contribution in [0.25, 0.3) is 16.9 Å². The van der Waals surface area contributed by atoms with Crippen LogP contribution < -0.4 is 15.9 Å². The van der Waals surface area contributed by atoms with Crippen molar-refractivity contribution in [3.8, 4) is 5.69 Å². The molecule has 168 valence electrons. The lowest BCUT2D eigenvalue weighted by Gasteiger charge is -2.28. The second-order valence-corrected chi connectivity index (χ2v) is 7.93. The molecule has 0 aliphatic carbocycles. The average Bonchev–Trinajstić information content (AvgIpc) is 3.15. The van der Waals surface area contributed by atoms with E-state index in [4.69, 9.17) is 4.74 Å². The van der Waals surface area contributed by atoms with Crippen LogP contribution in [0.2, 0.25) is 0 Å². The van der Waals surface area contributed by atoms with E-state index in [2.05, 4.69) is 27.3 Å². The summed E-state index contributed by atoms with van der Waals surface area (Å²) < 4.78 is 8.40. The number of amides is 1. The molecule has 1 N–H and O–H groups in total. The number of hydrogen-bond acceptors (Lipinski definition) is 5. The maximum Gasteiger partial charge on any atom is 0.335 e. The van der Waals surface area contributed by atoms with Gasteiger partial charge in [-0.1, -0.05) is 30.3 Å². The van der Waals surface area contributed by atoms with E-state index < -0.39 is 0 Å². The minimum absolute atomic E-state index is 0.0767. The van der Waals surface area contributed by atoms with Gasteiger partial charge in [-0.15, -0.1) is 0 Å². The summed E-state index contributed by atoms with van der Waals surface area (Å²) in [4.78, 5) is 32.6. The normalized spacial score (nSPS) is 13.9. The molecule has 8 heteroatoms. The van der Waals surface area contributed by atoms with Gasteiger partial charge in [0.1, 0.15) is 6.54 Å². The third kappa shape index (κ3) is 4.38. The van der Waals surface area contributed by atoms with E-state index in [1.165, 1.54) is 9.13 Å². The van der Waals surface area contributed by atoms with Gasteiger partial charge in [-0.3, -0.25) is 9.36 Å². The Balaban J connectivity index is 1.30. The summed E-state index contributed by atoms with van der Waals surface area (Å²) >= 11 is 0. The standard InChI is InChI=1S/C25H25N5O3/c31-23(27-17-19-8-10-20(11-9-19)28-13-15-33-16-14-28)18-29-22-7-4-12-26-24(22)30(25(29)32)21-5-2-1-3-6-21/h1-12H,13-18H2,(H,27,31). The molecule has 5 rings (SSSR count). The van der Waals surface area contributed by atoms with Crippen LogP contribution in [-0.2, 0) is 22.6 Å². The van der Waals surface area contributed by atoms with Gasteiger partial charge in [-0.05, 0) is 42.0 Å². The van der Waals surface area contributed by atoms with Gasteiger partial charge in [0.15, 0.2) is 5.65 Å². The monoisotopic (exact) mass is 443 g/mol. The predicted octanol–water partition coefficient (Wildman–Crippen LogP) is 2.34. The Bertz CT molecular complexity index is 1310. The summed E-state index contributed by atoms with van der Waals surface area (Å²) in [6.45, 7) is 3.58. The highest BCUT2D eigenvalue weighted by molar-refractivity contribution is 5.80. The molecule has 4 aromatic rings. The highest BCUT2D eigenvalue weighted by Crippen LogP contribution is 2.17. The molecule has 1 saturated heterocycles. The number of carbonyl (C=O) groups is 1. The number of pyridine rings is 1. The quantitative estimate of drug-likeness (QED) is 0.495. The number of anilines is 1. The first-order chi connectivity index (χ1) is 16.2. The Morgan fingerprint density at radius 1 is 0.939 bits per heavy atom. The van der Waals surface area contributed by atoms with E-state index in [1.54, 1.807) is 18.3 Å². The molecule has 0 radical (unpaired) electrons. The van der Waals surface area contributed by atoms with Crippen molar-refractivity contribution in [1.82, 2.24) is 19.4 Å². The fraction of sp³-hybridized carbons (Fsp3) is 0.240. The number of carbonyl (C=O) groups excluding carboxylic acids is 1. The molecule has 8 nitrogen and oxygen atoms in total. The van der Waals surface area contributed by atoms with Crippen LogP contribution >= 0.6 is 0 Å². The Hall–Kier alpha value is -3.91. The van der Waals surface area contributed by atoms with E-state index in [9.17, 15) is 9.59 Å². The molecule has 3 heterocycles. The molecule has 0 spiro atoms. The van der Waals surface area contributed by atoms with Crippen LogP contribution in [0.3, 0.4) is 0 Å². The van der Waals surface area contributed by atoms with E-state index in [-0.39, 0.29) is 18.1 Å². The van der Waals surface area contributed by atoms with Crippen molar-refractivity contribution in [3.63, 3.8) is 0 Å². The van der Waals surface area contributed by atoms with Crippen LogP contribution in [0.4, 0.5) is 5.69 Å².